The lowest BCUT2D eigenvalue weighted by molar-refractivity contribution is 0.0724. The minimum absolute atomic E-state index is 0.338. The van der Waals surface area contributed by atoms with Gasteiger partial charge in [-0.3, -0.25) is 10.3 Å². The van der Waals surface area contributed by atoms with Crippen molar-refractivity contribution in [3.05, 3.63) is 0 Å². The fraction of sp³-hybridized carbons (Fsp3) is 0.933. The van der Waals surface area contributed by atoms with Crippen LogP contribution in [0.25, 0.3) is 0 Å². The summed E-state index contributed by atoms with van der Waals surface area (Å²) in [4.78, 5) is 5.27. The molecule has 1 unspecified atom stereocenters. The van der Waals surface area contributed by atoms with Gasteiger partial charge < -0.3 is 10.6 Å². The highest BCUT2D eigenvalue weighted by molar-refractivity contribution is 5.77. The standard InChI is InChI=1S/C15H30N4/c1-2-13(12-15(16)17)19-10-6-14(7-11-19)18-8-4-3-5-9-18/h13-14H,2-12H2,1H3,(H3,16,17). The maximum Gasteiger partial charge on any atom is 0.0921 e. The summed E-state index contributed by atoms with van der Waals surface area (Å²) in [5.74, 6) is 0.338. The molecule has 110 valence electrons. The van der Waals surface area contributed by atoms with Crippen molar-refractivity contribution in [3.63, 3.8) is 0 Å². The van der Waals surface area contributed by atoms with Gasteiger partial charge in [0.25, 0.3) is 0 Å². The highest BCUT2D eigenvalue weighted by Gasteiger charge is 2.28. The minimum Gasteiger partial charge on any atom is -0.388 e. The molecular formula is C15H30N4. The summed E-state index contributed by atoms with van der Waals surface area (Å²) in [5.41, 5.74) is 5.57. The molecule has 4 heteroatoms. The number of nitrogens with two attached hydrogens (primary N) is 1. The smallest absolute Gasteiger partial charge is 0.0921 e. The molecule has 19 heavy (non-hydrogen) atoms. The Balaban J connectivity index is 1.78. The van der Waals surface area contributed by atoms with Crippen LogP contribution in [0.2, 0.25) is 0 Å². The van der Waals surface area contributed by atoms with E-state index in [1.807, 2.05) is 0 Å². The summed E-state index contributed by atoms with van der Waals surface area (Å²) >= 11 is 0. The quantitative estimate of drug-likeness (QED) is 0.591. The number of rotatable bonds is 5. The van der Waals surface area contributed by atoms with Gasteiger partial charge in [0.05, 0.1) is 5.84 Å². The van der Waals surface area contributed by atoms with Gasteiger partial charge in [0.15, 0.2) is 0 Å². The van der Waals surface area contributed by atoms with Gasteiger partial charge in [-0.2, -0.15) is 0 Å². The zero-order chi connectivity index (χ0) is 13.7. The van der Waals surface area contributed by atoms with Crippen LogP contribution in [0.5, 0.6) is 0 Å². The molecule has 2 rings (SSSR count). The van der Waals surface area contributed by atoms with Crippen molar-refractivity contribution in [3.8, 4) is 0 Å². The summed E-state index contributed by atoms with van der Waals surface area (Å²) in [7, 11) is 0. The average molecular weight is 266 g/mol. The van der Waals surface area contributed by atoms with Crippen molar-refractivity contribution < 1.29 is 0 Å². The van der Waals surface area contributed by atoms with Crippen LogP contribution in [0.1, 0.15) is 51.9 Å². The number of hydrogen-bond acceptors (Lipinski definition) is 3. The van der Waals surface area contributed by atoms with Crippen LogP contribution in [0.4, 0.5) is 0 Å². The fourth-order valence-electron chi connectivity index (χ4n) is 3.69. The van der Waals surface area contributed by atoms with Crippen LogP contribution in [-0.2, 0) is 0 Å². The fourth-order valence-corrected chi connectivity index (χ4v) is 3.69. The number of nitrogens with zero attached hydrogens (tertiary/aromatic N) is 2. The van der Waals surface area contributed by atoms with Crippen molar-refractivity contribution in [1.82, 2.24) is 9.80 Å². The van der Waals surface area contributed by atoms with Crippen LogP contribution >= 0.6 is 0 Å². The molecule has 0 aromatic rings. The Morgan fingerprint density at radius 3 is 2.32 bits per heavy atom. The second-order valence-corrected chi connectivity index (χ2v) is 6.16. The number of hydrogen-bond donors (Lipinski definition) is 2. The lowest BCUT2D eigenvalue weighted by Crippen LogP contribution is -2.49. The molecule has 0 aromatic carbocycles. The first-order valence-corrected chi connectivity index (χ1v) is 8.01. The van der Waals surface area contributed by atoms with Crippen LogP contribution in [-0.4, -0.2) is 53.9 Å². The first-order chi connectivity index (χ1) is 9.20. The predicted molar refractivity (Wildman–Crippen MR) is 80.6 cm³/mol. The molecule has 2 fully saturated rings. The third-order valence-electron chi connectivity index (χ3n) is 4.85. The maximum atomic E-state index is 7.49. The summed E-state index contributed by atoms with van der Waals surface area (Å²) in [5, 5.41) is 7.49. The number of piperidine rings is 2. The largest absolute Gasteiger partial charge is 0.388 e. The van der Waals surface area contributed by atoms with Gasteiger partial charge in [0.2, 0.25) is 0 Å². The van der Waals surface area contributed by atoms with E-state index in [1.54, 1.807) is 0 Å². The van der Waals surface area contributed by atoms with Gasteiger partial charge in [0, 0.05) is 18.5 Å². The molecule has 0 saturated carbocycles. The molecule has 2 aliphatic heterocycles. The van der Waals surface area contributed by atoms with Gasteiger partial charge in [-0.25, -0.2) is 0 Å². The van der Waals surface area contributed by atoms with E-state index >= 15 is 0 Å². The first kappa shape index (κ1) is 14.8. The minimum atomic E-state index is 0.338. The van der Waals surface area contributed by atoms with E-state index in [4.69, 9.17) is 11.1 Å². The van der Waals surface area contributed by atoms with Crippen molar-refractivity contribution >= 4 is 5.84 Å². The van der Waals surface area contributed by atoms with Crippen molar-refractivity contribution in [2.75, 3.05) is 26.2 Å². The predicted octanol–water partition coefficient (Wildman–Crippen LogP) is 2.04. The molecule has 0 aliphatic carbocycles. The van der Waals surface area contributed by atoms with Crippen LogP contribution in [0.15, 0.2) is 0 Å². The Morgan fingerprint density at radius 2 is 1.79 bits per heavy atom. The Kier molecular flexibility index (Phi) is 5.64. The molecule has 2 aliphatic rings. The topological polar surface area (TPSA) is 56.4 Å². The van der Waals surface area contributed by atoms with Crippen molar-refractivity contribution in [1.29, 1.82) is 5.41 Å². The molecule has 0 spiro atoms. The zero-order valence-corrected chi connectivity index (χ0v) is 12.4. The third kappa shape index (κ3) is 4.18. The monoisotopic (exact) mass is 266 g/mol. The lowest BCUT2D eigenvalue weighted by Gasteiger charge is -2.42. The highest BCUT2D eigenvalue weighted by Crippen LogP contribution is 2.23. The molecule has 0 aromatic heterocycles. The lowest BCUT2D eigenvalue weighted by atomic mass is 9.97. The molecule has 0 bridgehead atoms. The third-order valence-corrected chi connectivity index (χ3v) is 4.85. The second-order valence-electron chi connectivity index (χ2n) is 6.16. The molecule has 2 heterocycles. The van der Waals surface area contributed by atoms with E-state index in [1.165, 1.54) is 58.3 Å². The molecule has 2 saturated heterocycles. The van der Waals surface area contributed by atoms with E-state index in [0.717, 1.165) is 18.9 Å². The van der Waals surface area contributed by atoms with Gasteiger partial charge >= 0.3 is 0 Å². The van der Waals surface area contributed by atoms with Crippen molar-refractivity contribution in [2.45, 2.75) is 64.0 Å². The van der Waals surface area contributed by atoms with E-state index < -0.39 is 0 Å². The Hall–Kier alpha value is -0.610. The Labute approximate surface area is 117 Å². The summed E-state index contributed by atoms with van der Waals surface area (Å²) in [6, 6.07) is 1.30. The summed E-state index contributed by atoms with van der Waals surface area (Å²) in [6.07, 6.45) is 8.65. The number of nitrogens with one attached hydrogen (secondary N) is 1. The number of likely N-dealkylation sites (tertiary alicyclic amines) is 2. The maximum absolute atomic E-state index is 7.49. The van der Waals surface area contributed by atoms with Crippen LogP contribution < -0.4 is 5.73 Å². The van der Waals surface area contributed by atoms with E-state index in [9.17, 15) is 0 Å². The van der Waals surface area contributed by atoms with Crippen molar-refractivity contribution in [2.24, 2.45) is 5.73 Å². The zero-order valence-electron chi connectivity index (χ0n) is 12.4. The van der Waals surface area contributed by atoms with E-state index in [-0.39, 0.29) is 0 Å². The first-order valence-electron chi connectivity index (χ1n) is 8.01. The normalized spacial score (nSPS) is 25.3. The Morgan fingerprint density at radius 1 is 1.16 bits per heavy atom. The molecule has 4 nitrogen and oxygen atoms in total. The van der Waals surface area contributed by atoms with Crippen LogP contribution in [0.3, 0.4) is 0 Å². The SMILES string of the molecule is CCC(CC(=N)N)N1CCC(N2CCCCC2)CC1. The molecular weight excluding hydrogens is 236 g/mol. The highest BCUT2D eigenvalue weighted by atomic mass is 15.2. The average Bonchev–Trinajstić information content (AvgIpc) is 2.46. The molecule has 3 N–H and O–H groups in total. The summed E-state index contributed by atoms with van der Waals surface area (Å²) < 4.78 is 0. The van der Waals surface area contributed by atoms with E-state index in [2.05, 4.69) is 16.7 Å². The molecule has 0 amide bonds. The number of amidine groups is 1. The van der Waals surface area contributed by atoms with Gasteiger partial charge in [-0.15, -0.1) is 0 Å². The van der Waals surface area contributed by atoms with E-state index in [0.29, 0.717) is 11.9 Å². The summed E-state index contributed by atoms with van der Waals surface area (Å²) in [6.45, 7) is 7.22. The van der Waals surface area contributed by atoms with Gasteiger partial charge in [0.1, 0.15) is 0 Å². The molecule has 0 radical (unpaired) electrons. The van der Waals surface area contributed by atoms with Crippen LogP contribution in [0, 0.1) is 5.41 Å². The second kappa shape index (κ2) is 7.25. The van der Waals surface area contributed by atoms with Gasteiger partial charge in [-0.1, -0.05) is 13.3 Å². The molecule has 1 atom stereocenters. The Bertz CT molecular complexity index is 278. The van der Waals surface area contributed by atoms with Gasteiger partial charge in [-0.05, 0) is 58.3 Å².